The smallest absolute Gasteiger partial charge is 0.211 e. The molecule has 0 aliphatic heterocycles. The van der Waals surface area contributed by atoms with Gasteiger partial charge in [0.2, 0.25) is 10.0 Å². The van der Waals surface area contributed by atoms with Gasteiger partial charge in [-0.1, -0.05) is 0 Å². The Morgan fingerprint density at radius 1 is 1.22 bits per heavy atom. The molecule has 1 aliphatic rings. The van der Waals surface area contributed by atoms with E-state index in [1.54, 1.807) is 12.4 Å². The minimum atomic E-state index is -3.17. The fraction of sp³-hybridized carbons (Fsp3) is 0.583. The number of pyridine rings is 1. The standard InChI is InChI=1S/C12H19N3O2S/c16-18(17,15-9-8-14-12-1-2-12)10-5-11-3-6-13-7-4-11/h3-4,6-7,12,14-15H,1-2,5,8-10H2. The van der Waals surface area contributed by atoms with E-state index in [0.717, 1.165) is 5.56 Å². The highest BCUT2D eigenvalue weighted by Crippen LogP contribution is 2.17. The zero-order valence-electron chi connectivity index (χ0n) is 10.3. The summed E-state index contributed by atoms with van der Waals surface area (Å²) >= 11 is 0. The third-order valence-corrected chi connectivity index (χ3v) is 4.25. The summed E-state index contributed by atoms with van der Waals surface area (Å²) in [5.41, 5.74) is 0.992. The number of aryl methyl sites for hydroxylation is 1. The van der Waals surface area contributed by atoms with Crippen LogP contribution in [0.25, 0.3) is 0 Å². The van der Waals surface area contributed by atoms with E-state index >= 15 is 0 Å². The van der Waals surface area contributed by atoms with Gasteiger partial charge in [-0.15, -0.1) is 0 Å². The molecule has 1 aromatic rings. The lowest BCUT2D eigenvalue weighted by atomic mass is 10.2. The molecule has 0 aromatic carbocycles. The van der Waals surface area contributed by atoms with Gasteiger partial charge in [0.1, 0.15) is 0 Å². The predicted molar refractivity (Wildman–Crippen MR) is 70.8 cm³/mol. The van der Waals surface area contributed by atoms with E-state index in [2.05, 4.69) is 15.0 Å². The summed E-state index contributed by atoms with van der Waals surface area (Å²) in [6, 6.07) is 4.29. The summed E-state index contributed by atoms with van der Waals surface area (Å²) in [5.74, 6) is 0.125. The summed E-state index contributed by atoms with van der Waals surface area (Å²) < 4.78 is 26.0. The normalized spacial score (nSPS) is 15.8. The predicted octanol–water partition coefficient (Wildman–Crippen LogP) is 0.295. The Morgan fingerprint density at radius 3 is 2.61 bits per heavy atom. The second-order valence-electron chi connectivity index (χ2n) is 4.55. The van der Waals surface area contributed by atoms with E-state index in [1.165, 1.54) is 12.8 Å². The van der Waals surface area contributed by atoms with Crippen molar-refractivity contribution in [2.24, 2.45) is 0 Å². The van der Waals surface area contributed by atoms with Crippen LogP contribution in [0, 0.1) is 0 Å². The van der Waals surface area contributed by atoms with E-state index in [4.69, 9.17) is 0 Å². The Bertz CT molecular complexity index is 457. The van der Waals surface area contributed by atoms with Gasteiger partial charge in [-0.25, -0.2) is 13.1 Å². The van der Waals surface area contributed by atoms with Crippen LogP contribution < -0.4 is 10.0 Å². The molecule has 1 heterocycles. The number of nitrogens with zero attached hydrogens (tertiary/aromatic N) is 1. The number of sulfonamides is 1. The lowest BCUT2D eigenvalue weighted by Gasteiger charge is -2.07. The number of aromatic nitrogens is 1. The van der Waals surface area contributed by atoms with Crippen molar-refractivity contribution in [2.75, 3.05) is 18.8 Å². The average molecular weight is 269 g/mol. The van der Waals surface area contributed by atoms with Crippen molar-refractivity contribution in [3.8, 4) is 0 Å². The minimum absolute atomic E-state index is 0.125. The third kappa shape index (κ3) is 5.12. The van der Waals surface area contributed by atoms with Crippen LogP contribution in [-0.4, -0.2) is 38.3 Å². The average Bonchev–Trinajstić information content (AvgIpc) is 3.18. The van der Waals surface area contributed by atoms with E-state index in [-0.39, 0.29) is 5.75 Å². The third-order valence-electron chi connectivity index (χ3n) is 2.87. The van der Waals surface area contributed by atoms with Crippen molar-refractivity contribution in [1.29, 1.82) is 0 Å². The van der Waals surface area contributed by atoms with Crippen LogP contribution in [0.5, 0.6) is 0 Å². The van der Waals surface area contributed by atoms with Crippen LogP contribution in [0.3, 0.4) is 0 Å². The van der Waals surface area contributed by atoms with Crippen molar-refractivity contribution in [3.05, 3.63) is 30.1 Å². The molecule has 1 saturated carbocycles. The maximum Gasteiger partial charge on any atom is 0.211 e. The maximum atomic E-state index is 11.7. The first kappa shape index (κ1) is 13.5. The SMILES string of the molecule is O=S(=O)(CCc1ccncc1)NCCNC1CC1. The molecule has 0 atom stereocenters. The topological polar surface area (TPSA) is 71.1 Å². The molecule has 0 amide bonds. The molecule has 18 heavy (non-hydrogen) atoms. The molecule has 2 rings (SSSR count). The number of nitrogens with one attached hydrogen (secondary N) is 2. The fourth-order valence-corrected chi connectivity index (χ4v) is 2.71. The molecular weight excluding hydrogens is 250 g/mol. The molecule has 0 unspecified atom stereocenters. The molecule has 1 aliphatic carbocycles. The van der Waals surface area contributed by atoms with Gasteiger partial charge in [-0.2, -0.15) is 0 Å². The second-order valence-corrected chi connectivity index (χ2v) is 6.47. The van der Waals surface area contributed by atoms with Crippen molar-refractivity contribution in [1.82, 2.24) is 15.0 Å². The maximum absolute atomic E-state index is 11.7. The molecule has 0 bridgehead atoms. The van der Waals surface area contributed by atoms with Crippen molar-refractivity contribution in [2.45, 2.75) is 25.3 Å². The first-order valence-corrected chi connectivity index (χ1v) is 7.90. The monoisotopic (exact) mass is 269 g/mol. The molecule has 5 nitrogen and oxygen atoms in total. The molecular formula is C12H19N3O2S. The summed E-state index contributed by atoms with van der Waals surface area (Å²) in [5, 5.41) is 3.27. The number of hydrogen-bond donors (Lipinski definition) is 2. The molecule has 0 spiro atoms. The zero-order chi connectivity index (χ0) is 12.8. The lowest BCUT2D eigenvalue weighted by Crippen LogP contribution is -2.34. The molecule has 6 heteroatoms. The van der Waals surface area contributed by atoms with Gasteiger partial charge in [0.05, 0.1) is 5.75 Å². The highest BCUT2D eigenvalue weighted by Gasteiger charge is 2.19. The van der Waals surface area contributed by atoms with Gasteiger partial charge < -0.3 is 5.32 Å². The minimum Gasteiger partial charge on any atom is -0.313 e. The Morgan fingerprint density at radius 2 is 1.94 bits per heavy atom. The summed E-state index contributed by atoms with van der Waals surface area (Å²) in [6.07, 6.45) is 6.31. The number of hydrogen-bond acceptors (Lipinski definition) is 4. The second kappa shape index (κ2) is 6.26. The summed E-state index contributed by atoms with van der Waals surface area (Å²) in [7, 11) is -3.17. The van der Waals surface area contributed by atoms with Gasteiger partial charge in [0.25, 0.3) is 0 Å². The van der Waals surface area contributed by atoms with Gasteiger partial charge in [-0.3, -0.25) is 4.98 Å². The summed E-state index contributed by atoms with van der Waals surface area (Å²) in [6.45, 7) is 1.17. The quantitative estimate of drug-likeness (QED) is 0.666. The van der Waals surface area contributed by atoms with Crippen LogP contribution in [0.2, 0.25) is 0 Å². The lowest BCUT2D eigenvalue weighted by molar-refractivity contribution is 0.574. The Kier molecular flexibility index (Phi) is 4.68. The van der Waals surface area contributed by atoms with Crippen molar-refractivity contribution < 1.29 is 8.42 Å². The van der Waals surface area contributed by atoms with Crippen LogP contribution >= 0.6 is 0 Å². The molecule has 2 N–H and O–H groups in total. The Labute approximate surface area is 108 Å². The van der Waals surface area contributed by atoms with Crippen molar-refractivity contribution in [3.63, 3.8) is 0 Å². The highest BCUT2D eigenvalue weighted by molar-refractivity contribution is 7.89. The zero-order valence-corrected chi connectivity index (χ0v) is 11.1. The van der Waals surface area contributed by atoms with E-state index < -0.39 is 10.0 Å². The van der Waals surface area contributed by atoms with Gasteiger partial charge in [0, 0.05) is 31.5 Å². The highest BCUT2D eigenvalue weighted by atomic mass is 32.2. The van der Waals surface area contributed by atoms with E-state index in [1.807, 2.05) is 12.1 Å². The molecule has 0 radical (unpaired) electrons. The van der Waals surface area contributed by atoms with Crippen LogP contribution in [-0.2, 0) is 16.4 Å². The van der Waals surface area contributed by atoms with Gasteiger partial charge in [0.15, 0.2) is 0 Å². The van der Waals surface area contributed by atoms with Crippen molar-refractivity contribution >= 4 is 10.0 Å². The Balaban J connectivity index is 1.66. The van der Waals surface area contributed by atoms with Gasteiger partial charge in [-0.05, 0) is 37.0 Å². The van der Waals surface area contributed by atoms with E-state index in [9.17, 15) is 8.42 Å². The van der Waals surface area contributed by atoms with E-state index in [0.29, 0.717) is 25.6 Å². The summed E-state index contributed by atoms with van der Waals surface area (Å²) in [4.78, 5) is 3.90. The first-order chi connectivity index (χ1) is 8.66. The fourth-order valence-electron chi connectivity index (χ4n) is 1.64. The number of rotatable bonds is 8. The first-order valence-electron chi connectivity index (χ1n) is 6.25. The molecule has 1 aromatic heterocycles. The molecule has 0 saturated heterocycles. The largest absolute Gasteiger partial charge is 0.313 e. The molecule has 1 fully saturated rings. The van der Waals surface area contributed by atoms with Crippen LogP contribution in [0.15, 0.2) is 24.5 Å². The van der Waals surface area contributed by atoms with Crippen LogP contribution in [0.1, 0.15) is 18.4 Å². The van der Waals surface area contributed by atoms with Gasteiger partial charge >= 0.3 is 0 Å². The molecule has 100 valence electrons. The van der Waals surface area contributed by atoms with Crippen LogP contribution in [0.4, 0.5) is 0 Å². The Hall–Kier alpha value is -0.980.